The second-order valence-corrected chi connectivity index (χ2v) is 6.83. The summed E-state index contributed by atoms with van der Waals surface area (Å²) in [6.07, 6.45) is 7.41. The highest BCUT2D eigenvalue weighted by Crippen LogP contribution is 2.19. The first-order valence-electron chi connectivity index (χ1n) is 8.97. The number of aromatic nitrogens is 4. The predicted molar refractivity (Wildman–Crippen MR) is 100.0 cm³/mol. The fourth-order valence-electron chi connectivity index (χ4n) is 3.61. The van der Waals surface area contributed by atoms with Crippen molar-refractivity contribution in [2.45, 2.75) is 19.3 Å². The molecule has 0 radical (unpaired) electrons. The van der Waals surface area contributed by atoms with Crippen LogP contribution < -0.4 is 5.32 Å². The minimum atomic E-state index is 0.680. The Hall–Kier alpha value is -2.47. The topological polar surface area (TPSA) is 58.9 Å². The first-order chi connectivity index (χ1) is 12.3. The largest absolute Gasteiger partial charge is 0.354 e. The number of nitrogens with one attached hydrogen (secondary N) is 1. The van der Waals surface area contributed by atoms with Gasteiger partial charge >= 0.3 is 0 Å². The highest BCUT2D eigenvalue weighted by Gasteiger charge is 2.16. The molecule has 4 rings (SSSR count). The Bertz CT molecular complexity index is 843. The lowest BCUT2D eigenvalue weighted by atomic mass is 9.95. The summed E-state index contributed by atoms with van der Waals surface area (Å²) in [6, 6.07) is 9.98. The molecule has 2 aromatic heterocycles. The summed E-state index contributed by atoms with van der Waals surface area (Å²) in [5.41, 5.74) is 2.02. The number of para-hydroxylation sites is 2. The molecule has 1 fully saturated rings. The monoisotopic (exact) mass is 336 g/mol. The minimum Gasteiger partial charge on any atom is -0.354 e. The molecule has 6 nitrogen and oxygen atoms in total. The van der Waals surface area contributed by atoms with Crippen molar-refractivity contribution in [2.75, 3.05) is 32.0 Å². The Labute approximate surface area is 147 Å². The van der Waals surface area contributed by atoms with Crippen LogP contribution in [0.25, 0.3) is 16.9 Å². The maximum absolute atomic E-state index is 4.65. The van der Waals surface area contributed by atoms with Crippen LogP contribution in [0.15, 0.2) is 42.9 Å². The van der Waals surface area contributed by atoms with Gasteiger partial charge in [0.15, 0.2) is 0 Å². The highest BCUT2D eigenvalue weighted by atomic mass is 15.2. The van der Waals surface area contributed by atoms with Crippen LogP contribution in [-0.4, -0.2) is 51.1 Å². The van der Waals surface area contributed by atoms with Gasteiger partial charge in [-0.15, -0.1) is 0 Å². The molecule has 0 saturated carbocycles. The molecule has 3 heterocycles. The maximum atomic E-state index is 4.65. The van der Waals surface area contributed by atoms with E-state index in [1.807, 2.05) is 35.2 Å². The van der Waals surface area contributed by atoms with Crippen molar-refractivity contribution in [1.82, 2.24) is 24.4 Å². The van der Waals surface area contributed by atoms with Gasteiger partial charge in [-0.2, -0.15) is 4.98 Å². The molecule has 1 atom stereocenters. The zero-order valence-corrected chi connectivity index (χ0v) is 14.6. The number of hydrogen-bond acceptors (Lipinski definition) is 5. The SMILES string of the molecule is CN1CCCC(CCNc2nccc(-n3cnc4ccccc43)n2)C1. The number of likely N-dealkylation sites (tertiary alicyclic amines) is 1. The zero-order chi connectivity index (χ0) is 17.1. The maximum Gasteiger partial charge on any atom is 0.224 e. The van der Waals surface area contributed by atoms with Crippen molar-refractivity contribution in [3.05, 3.63) is 42.9 Å². The quantitative estimate of drug-likeness (QED) is 0.776. The third kappa shape index (κ3) is 3.64. The Balaban J connectivity index is 1.43. The van der Waals surface area contributed by atoms with E-state index in [2.05, 4.69) is 38.3 Å². The Kier molecular flexibility index (Phi) is 4.61. The molecule has 0 spiro atoms. The van der Waals surface area contributed by atoms with E-state index >= 15 is 0 Å². The molecule has 0 bridgehead atoms. The molecule has 25 heavy (non-hydrogen) atoms. The molecule has 1 aromatic carbocycles. The molecule has 130 valence electrons. The Morgan fingerprint density at radius 1 is 1.20 bits per heavy atom. The number of anilines is 1. The van der Waals surface area contributed by atoms with E-state index in [1.54, 1.807) is 6.20 Å². The second-order valence-electron chi connectivity index (χ2n) is 6.83. The van der Waals surface area contributed by atoms with Crippen molar-refractivity contribution in [2.24, 2.45) is 5.92 Å². The summed E-state index contributed by atoms with van der Waals surface area (Å²) in [5.74, 6) is 2.29. The van der Waals surface area contributed by atoms with Crippen LogP contribution in [0.5, 0.6) is 0 Å². The summed E-state index contributed by atoms with van der Waals surface area (Å²) in [5, 5.41) is 3.38. The fourth-order valence-corrected chi connectivity index (χ4v) is 3.61. The Morgan fingerprint density at radius 2 is 2.12 bits per heavy atom. The normalized spacial score (nSPS) is 18.5. The lowest BCUT2D eigenvalue weighted by molar-refractivity contribution is 0.205. The van der Waals surface area contributed by atoms with E-state index in [-0.39, 0.29) is 0 Å². The molecule has 1 unspecified atom stereocenters. The summed E-state index contributed by atoms with van der Waals surface area (Å²) < 4.78 is 2.00. The van der Waals surface area contributed by atoms with Gasteiger partial charge in [-0.25, -0.2) is 9.97 Å². The fraction of sp³-hybridized carbons (Fsp3) is 0.421. The van der Waals surface area contributed by atoms with Crippen molar-refractivity contribution < 1.29 is 0 Å². The van der Waals surface area contributed by atoms with Crippen molar-refractivity contribution in [1.29, 1.82) is 0 Å². The van der Waals surface area contributed by atoms with E-state index in [0.29, 0.717) is 5.95 Å². The molecule has 1 saturated heterocycles. The lowest BCUT2D eigenvalue weighted by Crippen LogP contribution is -2.32. The van der Waals surface area contributed by atoms with Crippen LogP contribution in [0, 0.1) is 5.92 Å². The third-order valence-corrected chi connectivity index (χ3v) is 4.90. The molecule has 0 aliphatic carbocycles. The van der Waals surface area contributed by atoms with Crippen LogP contribution in [0.2, 0.25) is 0 Å². The smallest absolute Gasteiger partial charge is 0.224 e. The third-order valence-electron chi connectivity index (χ3n) is 4.90. The number of imidazole rings is 1. The molecule has 0 amide bonds. The lowest BCUT2D eigenvalue weighted by Gasteiger charge is -2.29. The predicted octanol–water partition coefficient (Wildman–Crippen LogP) is 2.96. The van der Waals surface area contributed by atoms with Gasteiger partial charge in [0.25, 0.3) is 0 Å². The average Bonchev–Trinajstić information content (AvgIpc) is 3.06. The standard InChI is InChI=1S/C19H24N6/c1-24-12-4-5-15(13-24)8-10-20-19-21-11-9-18(23-19)25-14-22-16-6-2-3-7-17(16)25/h2-3,6-7,9,11,14-15H,4-5,8,10,12-13H2,1H3,(H,20,21,23). The summed E-state index contributed by atoms with van der Waals surface area (Å²) in [4.78, 5) is 15.9. The number of hydrogen-bond donors (Lipinski definition) is 1. The summed E-state index contributed by atoms with van der Waals surface area (Å²) in [7, 11) is 2.21. The Morgan fingerprint density at radius 3 is 3.04 bits per heavy atom. The second kappa shape index (κ2) is 7.19. The molecular formula is C19H24N6. The van der Waals surface area contributed by atoms with Crippen molar-refractivity contribution in [3.63, 3.8) is 0 Å². The molecule has 6 heteroatoms. The first kappa shape index (κ1) is 16.0. The van der Waals surface area contributed by atoms with E-state index in [9.17, 15) is 0 Å². The van der Waals surface area contributed by atoms with Gasteiger partial charge in [-0.1, -0.05) is 12.1 Å². The highest BCUT2D eigenvalue weighted by molar-refractivity contribution is 5.76. The van der Waals surface area contributed by atoms with Gasteiger partial charge in [0.2, 0.25) is 5.95 Å². The number of benzene rings is 1. The average molecular weight is 336 g/mol. The molecule has 1 aliphatic heterocycles. The van der Waals surface area contributed by atoms with E-state index in [4.69, 9.17) is 0 Å². The van der Waals surface area contributed by atoms with Gasteiger partial charge < -0.3 is 10.2 Å². The van der Waals surface area contributed by atoms with E-state index < -0.39 is 0 Å². The van der Waals surface area contributed by atoms with Gasteiger partial charge in [0.05, 0.1) is 11.0 Å². The van der Waals surface area contributed by atoms with Gasteiger partial charge in [-0.05, 0) is 57.0 Å². The van der Waals surface area contributed by atoms with Gasteiger partial charge in [-0.3, -0.25) is 4.57 Å². The van der Waals surface area contributed by atoms with Crippen LogP contribution >= 0.6 is 0 Å². The molecule has 1 aliphatic rings. The van der Waals surface area contributed by atoms with Crippen LogP contribution in [0.1, 0.15) is 19.3 Å². The van der Waals surface area contributed by atoms with Crippen molar-refractivity contribution >= 4 is 17.0 Å². The van der Waals surface area contributed by atoms with Crippen molar-refractivity contribution in [3.8, 4) is 5.82 Å². The molecular weight excluding hydrogens is 312 g/mol. The number of fused-ring (bicyclic) bond motifs is 1. The summed E-state index contributed by atoms with van der Waals surface area (Å²) in [6.45, 7) is 3.34. The van der Waals surface area contributed by atoms with Gasteiger partial charge in [0.1, 0.15) is 12.1 Å². The van der Waals surface area contributed by atoms with E-state index in [0.717, 1.165) is 35.7 Å². The number of nitrogens with zero attached hydrogens (tertiary/aromatic N) is 5. The minimum absolute atomic E-state index is 0.680. The van der Waals surface area contributed by atoms with E-state index in [1.165, 1.54) is 25.9 Å². The molecule has 3 aromatic rings. The zero-order valence-electron chi connectivity index (χ0n) is 14.6. The van der Waals surface area contributed by atoms with Crippen LogP contribution in [0.3, 0.4) is 0 Å². The van der Waals surface area contributed by atoms with Crippen LogP contribution in [-0.2, 0) is 0 Å². The number of piperidine rings is 1. The summed E-state index contributed by atoms with van der Waals surface area (Å²) >= 11 is 0. The van der Waals surface area contributed by atoms with Crippen LogP contribution in [0.4, 0.5) is 5.95 Å². The first-order valence-corrected chi connectivity index (χ1v) is 8.97. The number of rotatable bonds is 5. The van der Waals surface area contributed by atoms with Gasteiger partial charge in [0, 0.05) is 19.3 Å². The molecule has 1 N–H and O–H groups in total.